The lowest BCUT2D eigenvalue weighted by Crippen LogP contribution is -2.31. The second-order valence-corrected chi connectivity index (χ2v) is 4.05. The summed E-state index contributed by atoms with van der Waals surface area (Å²) < 4.78 is 5.08. The number of nitrogens with zero attached hydrogens (tertiary/aromatic N) is 2. The van der Waals surface area contributed by atoms with Gasteiger partial charge < -0.3 is 15.4 Å². The summed E-state index contributed by atoms with van der Waals surface area (Å²) in [5.41, 5.74) is 0.800. The molecule has 0 spiro atoms. The van der Waals surface area contributed by atoms with Gasteiger partial charge in [-0.05, 0) is 19.8 Å². The number of methoxy groups -OCH3 is 1. The van der Waals surface area contributed by atoms with E-state index in [0.29, 0.717) is 17.7 Å². The van der Waals surface area contributed by atoms with E-state index in [2.05, 4.69) is 20.6 Å². The van der Waals surface area contributed by atoms with Crippen molar-refractivity contribution in [2.45, 2.75) is 25.8 Å². The first kappa shape index (κ1) is 11.6. The van der Waals surface area contributed by atoms with Crippen molar-refractivity contribution in [1.29, 1.82) is 0 Å². The largest absolute Gasteiger partial charge is 0.481 e. The van der Waals surface area contributed by atoms with Crippen LogP contribution in [0.4, 0.5) is 5.82 Å². The summed E-state index contributed by atoms with van der Waals surface area (Å²) in [6.45, 7) is 2.07. The maximum Gasteiger partial charge on any atom is 0.239 e. The Balaban J connectivity index is 1.91. The minimum atomic E-state index is -0.00974. The van der Waals surface area contributed by atoms with Crippen molar-refractivity contribution in [2.24, 2.45) is 0 Å². The van der Waals surface area contributed by atoms with E-state index in [4.69, 9.17) is 4.74 Å². The van der Waals surface area contributed by atoms with Gasteiger partial charge in [-0.1, -0.05) is 0 Å². The van der Waals surface area contributed by atoms with Crippen molar-refractivity contribution in [2.75, 3.05) is 19.0 Å². The van der Waals surface area contributed by atoms with Gasteiger partial charge in [0.15, 0.2) is 0 Å². The molecule has 92 valence electrons. The van der Waals surface area contributed by atoms with Crippen LogP contribution < -0.4 is 15.4 Å². The smallest absolute Gasteiger partial charge is 0.239 e. The molecule has 6 heteroatoms. The second-order valence-electron chi connectivity index (χ2n) is 4.05. The van der Waals surface area contributed by atoms with Gasteiger partial charge in [0.05, 0.1) is 19.2 Å². The van der Waals surface area contributed by atoms with Crippen molar-refractivity contribution in [3.8, 4) is 5.88 Å². The molecule has 0 aromatic carbocycles. The van der Waals surface area contributed by atoms with Gasteiger partial charge in [0.2, 0.25) is 11.8 Å². The molecule has 6 nitrogen and oxygen atoms in total. The zero-order valence-corrected chi connectivity index (χ0v) is 9.99. The van der Waals surface area contributed by atoms with Crippen molar-refractivity contribution in [1.82, 2.24) is 15.3 Å². The number of ether oxygens (including phenoxy) is 1. The zero-order chi connectivity index (χ0) is 12.3. The molecular formula is C11H16N4O2. The highest BCUT2D eigenvalue weighted by Crippen LogP contribution is 2.20. The molecule has 1 heterocycles. The number of rotatable bonds is 5. The number of hydrogen-bond donors (Lipinski definition) is 2. The standard InChI is InChI=1S/C11H16N4O2/c1-7-10(13-6-14-11(7)17-2)12-5-9(16)15-8-3-4-8/h6,8H,3-5H2,1-2H3,(H,15,16)(H,12,13,14). The van der Waals surface area contributed by atoms with Crippen molar-refractivity contribution in [3.05, 3.63) is 11.9 Å². The monoisotopic (exact) mass is 236 g/mol. The number of nitrogens with one attached hydrogen (secondary N) is 2. The summed E-state index contributed by atoms with van der Waals surface area (Å²) in [4.78, 5) is 19.5. The minimum Gasteiger partial charge on any atom is -0.481 e. The molecule has 1 amide bonds. The quantitative estimate of drug-likeness (QED) is 0.778. The van der Waals surface area contributed by atoms with Gasteiger partial charge in [0.25, 0.3) is 0 Å². The predicted octanol–water partition coefficient (Wildman–Crippen LogP) is 0.484. The Hall–Kier alpha value is -1.85. The van der Waals surface area contributed by atoms with Crippen LogP contribution in [0.3, 0.4) is 0 Å². The lowest BCUT2D eigenvalue weighted by atomic mass is 10.3. The number of amides is 1. The molecule has 1 aliphatic rings. The van der Waals surface area contributed by atoms with Crippen molar-refractivity contribution >= 4 is 11.7 Å². The van der Waals surface area contributed by atoms with E-state index >= 15 is 0 Å². The van der Waals surface area contributed by atoms with Crippen LogP contribution in [0.2, 0.25) is 0 Å². The summed E-state index contributed by atoms with van der Waals surface area (Å²) in [5.74, 6) is 1.14. The molecule has 1 saturated carbocycles. The molecule has 2 rings (SSSR count). The molecule has 1 aromatic rings. The van der Waals surface area contributed by atoms with E-state index in [1.54, 1.807) is 7.11 Å². The lowest BCUT2D eigenvalue weighted by molar-refractivity contribution is -0.119. The minimum absolute atomic E-state index is 0.00974. The average molecular weight is 236 g/mol. The molecule has 0 bridgehead atoms. The van der Waals surface area contributed by atoms with Gasteiger partial charge in [0, 0.05) is 6.04 Å². The molecule has 2 N–H and O–H groups in total. The molecular weight excluding hydrogens is 220 g/mol. The fourth-order valence-corrected chi connectivity index (χ4v) is 1.49. The highest BCUT2D eigenvalue weighted by molar-refractivity contribution is 5.81. The van der Waals surface area contributed by atoms with Gasteiger partial charge in [-0.15, -0.1) is 0 Å². The molecule has 1 aromatic heterocycles. The topological polar surface area (TPSA) is 76.1 Å². The van der Waals surface area contributed by atoms with Crippen LogP contribution in [-0.4, -0.2) is 35.6 Å². The highest BCUT2D eigenvalue weighted by atomic mass is 16.5. The van der Waals surface area contributed by atoms with Crippen LogP contribution in [0.1, 0.15) is 18.4 Å². The van der Waals surface area contributed by atoms with Crippen LogP contribution in [0.25, 0.3) is 0 Å². The fourth-order valence-electron chi connectivity index (χ4n) is 1.49. The summed E-state index contributed by atoms with van der Waals surface area (Å²) in [6, 6.07) is 0.380. The third kappa shape index (κ3) is 3.05. The van der Waals surface area contributed by atoms with Crippen molar-refractivity contribution < 1.29 is 9.53 Å². The first-order valence-corrected chi connectivity index (χ1v) is 5.59. The Bertz CT molecular complexity index is 418. The van der Waals surface area contributed by atoms with E-state index in [1.165, 1.54) is 6.33 Å². The average Bonchev–Trinajstić information content (AvgIpc) is 3.11. The molecule has 1 aliphatic carbocycles. The Morgan fingerprint density at radius 2 is 2.29 bits per heavy atom. The molecule has 0 saturated heterocycles. The third-order valence-corrected chi connectivity index (χ3v) is 2.59. The van der Waals surface area contributed by atoms with Crippen LogP contribution in [0.15, 0.2) is 6.33 Å². The number of aromatic nitrogens is 2. The summed E-state index contributed by atoms with van der Waals surface area (Å²) in [6.07, 6.45) is 3.59. The normalized spacial score (nSPS) is 14.2. The van der Waals surface area contributed by atoms with E-state index in [0.717, 1.165) is 18.4 Å². The van der Waals surface area contributed by atoms with E-state index in [9.17, 15) is 4.79 Å². The van der Waals surface area contributed by atoms with Gasteiger partial charge in [-0.25, -0.2) is 9.97 Å². The number of carbonyl (C=O) groups is 1. The fraction of sp³-hybridized carbons (Fsp3) is 0.545. The Labute approximate surface area is 99.8 Å². The molecule has 0 unspecified atom stereocenters. The zero-order valence-electron chi connectivity index (χ0n) is 9.99. The lowest BCUT2D eigenvalue weighted by Gasteiger charge is -2.10. The first-order valence-electron chi connectivity index (χ1n) is 5.59. The summed E-state index contributed by atoms with van der Waals surface area (Å²) in [7, 11) is 1.55. The predicted molar refractivity (Wildman–Crippen MR) is 63.0 cm³/mol. The maximum absolute atomic E-state index is 11.5. The number of anilines is 1. The van der Waals surface area contributed by atoms with Crippen LogP contribution >= 0.6 is 0 Å². The highest BCUT2D eigenvalue weighted by Gasteiger charge is 2.23. The van der Waals surface area contributed by atoms with Gasteiger partial charge >= 0.3 is 0 Å². The van der Waals surface area contributed by atoms with Crippen LogP contribution in [-0.2, 0) is 4.79 Å². The first-order chi connectivity index (χ1) is 8.20. The molecule has 17 heavy (non-hydrogen) atoms. The maximum atomic E-state index is 11.5. The van der Waals surface area contributed by atoms with Gasteiger partial charge in [-0.3, -0.25) is 4.79 Å². The van der Waals surface area contributed by atoms with Crippen LogP contribution in [0.5, 0.6) is 5.88 Å². The SMILES string of the molecule is COc1ncnc(NCC(=O)NC2CC2)c1C. The Morgan fingerprint density at radius 3 is 2.94 bits per heavy atom. The Morgan fingerprint density at radius 1 is 1.53 bits per heavy atom. The van der Waals surface area contributed by atoms with E-state index < -0.39 is 0 Å². The molecule has 1 fully saturated rings. The number of carbonyl (C=O) groups excluding carboxylic acids is 1. The third-order valence-electron chi connectivity index (χ3n) is 2.59. The van der Waals surface area contributed by atoms with E-state index in [1.807, 2.05) is 6.92 Å². The van der Waals surface area contributed by atoms with Gasteiger partial charge in [-0.2, -0.15) is 0 Å². The van der Waals surface area contributed by atoms with Crippen LogP contribution in [0, 0.1) is 6.92 Å². The number of hydrogen-bond acceptors (Lipinski definition) is 5. The van der Waals surface area contributed by atoms with Crippen molar-refractivity contribution in [3.63, 3.8) is 0 Å². The molecule has 0 aliphatic heterocycles. The molecule has 0 atom stereocenters. The van der Waals surface area contributed by atoms with Gasteiger partial charge in [0.1, 0.15) is 12.1 Å². The summed E-state index contributed by atoms with van der Waals surface area (Å²) >= 11 is 0. The molecule has 0 radical (unpaired) electrons. The summed E-state index contributed by atoms with van der Waals surface area (Å²) in [5, 5.41) is 5.87. The second kappa shape index (κ2) is 4.99. The van der Waals surface area contributed by atoms with E-state index in [-0.39, 0.29) is 12.5 Å². The Kier molecular flexibility index (Phi) is 3.41.